The van der Waals surface area contributed by atoms with Gasteiger partial charge in [-0.2, -0.15) is 0 Å². The van der Waals surface area contributed by atoms with E-state index in [-0.39, 0.29) is 39.4 Å². The number of carbonyl (C=O) groups is 4. The monoisotopic (exact) mass is 1030 g/mol. The molecule has 6 rings (SSSR count). The molecule has 404 valence electrons. The van der Waals surface area contributed by atoms with Crippen molar-refractivity contribution in [3.63, 3.8) is 0 Å². The zero-order valence-corrected chi connectivity index (χ0v) is 48.3. The molecule has 0 saturated carbocycles. The molecule has 2 unspecified atom stereocenters. The molecular weight excluding hydrogens is 941 g/mol. The van der Waals surface area contributed by atoms with Gasteiger partial charge in [-0.1, -0.05) is 178 Å². The minimum atomic E-state index is -1.45. The lowest BCUT2D eigenvalue weighted by atomic mass is 9.69. The SMILES string of the molecule is CCC(CC)(c1ccc(CCC(O)C(C)(C)C)c(C)c1)c1ccc(-c2cccc(C(=O)C(=O)O)c2)c(C)c1.CCC(CC)(c1ccc(CCC(O)C(C)(C)C)c(C)c1)c1ccc(-c2cccc(C(=O)C(C)=O)c2)c(C)c1. The first-order valence-corrected chi connectivity index (χ1v) is 27.5. The number of aryl methyl sites for hydroxylation is 6. The zero-order chi connectivity index (χ0) is 56.5. The van der Waals surface area contributed by atoms with Crippen LogP contribution in [0, 0.1) is 38.5 Å². The van der Waals surface area contributed by atoms with Crippen LogP contribution in [0.3, 0.4) is 0 Å². The predicted molar refractivity (Wildman–Crippen MR) is 313 cm³/mol. The number of Topliss-reactive ketones (excluding diaryl/α,β-unsaturated/α-hetero) is 3. The summed E-state index contributed by atoms with van der Waals surface area (Å²) in [4.78, 5) is 47.0. The maximum Gasteiger partial charge on any atom is 0.377 e. The lowest BCUT2D eigenvalue weighted by molar-refractivity contribution is -0.131. The molecule has 0 aliphatic heterocycles. The molecule has 0 saturated heterocycles. The number of hydrogen-bond acceptors (Lipinski definition) is 6. The summed E-state index contributed by atoms with van der Waals surface area (Å²) < 4.78 is 0. The summed E-state index contributed by atoms with van der Waals surface area (Å²) in [6.45, 7) is 31.3. The van der Waals surface area contributed by atoms with Gasteiger partial charge in [0.05, 0.1) is 12.2 Å². The van der Waals surface area contributed by atoms with Gasteiger partial charge in [-0.15, -0.1) is 0 Å². The number of aliphatic hydroxyl groups excluding tert-OH is 2. The Morgan fingerprint density at radius 3 is 1.07 bits per heavy atom. The second-order valence-electron chi connectivity index (χ2n) is 23.4. The third kappa shape index (κ3) is 13.8. The Labute approximate surface area is 455 Å². The van der Waals surface area contributed by atoms with Crippen molar-refractivity contribution in [2.45, 2.75) is 178 Å². The average Bonchev–Trinajstić information content (AvgIpc) is 3.39. The van der Waals surface area contributed by atoms with Gasteiger partial charge in [0.25, 0.3) is 5.78 Å². The number of hydrogen-bond donors (Lipinski definition) is 3. The van der Waals surface area contributed by atoms with Crippen molar-refractivity contribution in [1.29, 1.82) is 0 Å². The van der Waals surface area contributed by atoms with Crippen molar-refractivity contribution in [2.24, 2.45) is 10.8 Å². The first-order valence-electron chi connectivity index (χ1n) is 27.5. The number of aliphatic hydroxyl groups is 2. The van der Waals surface area contributed by atoms with Crippen molar-refractivity contribution in [3.8, 4) is 22.3 Å². The van der Waals surface area contributed by atoms with Crippen LogP contribution in [0.2, 0.25) is 0 Å². The summed E-state index contributed by atoms with van der Waals surface area (Å²) in [7, 11) is 0. The van der Waals surface area contributed by atoms with E-state index in [2.05, 4.69) is 170 Å². The highest BCUT2D eigenvalue weighted by atomic mass is 16.4. The number of carboxylic acids is 1. The van der Waals surface area contributed by atoms with E-state index in [0.717, 1.165) is 84.7 Å². The van der Waals surface area contributed by atoms with Crippen LogP contribution >= 0.6 is 0 Å². The summed E-state index contributed by atoms with van der Waals surface area (Å²) in [5.74, 6) is -3.25. The third-order valence-corrected chi connectivity index (χ3v) is 16.5. The highest BCUT2D eigenvalue weighted by molar-refractivity contribution is 6.43. The Hall–Kier alpha value is -6.28. The molecule has 76 heavy (non-hydrogen) atoms. The van der Waals surface area contributed by atoms with Crippen molar-refractivity contribution in [2.75, 3.05) is 0 Å². The minimum absolute atomic E-state index is 0.107. The van der Waals surface area contributed by atoms with Gasteiger partial charge in [0, 0.05) is 28.9 Å². The Balaban J connectivity index is 0.000000281. The van der Waals surface area contributed by atoms with Gasteiger partial charge in [-0.25, -0.2) is 4.79 Å². The van der Waals surface area contributed by atoms with Crippen LogP contribution < -0.4 is 0 Å². The van der Waals surface area contributed by atoms with Crippen LogP contribution in [0.5, 0.6) is 0 Å². The van der Waals surface area contributed by atoms with Crippen molar-refractivity contribution in [1.82, 2.24) is 0 Å². The lowest BCUT2D eigenvalue weighted by Crippen LogP contribution is -2.27. The summed E-state index contributed by atoms with van der Waals surface area (Å²) in [5, 5.41) is 30.1. The maximum atomic E-state index is 12.2. The van der Waals surface area contributed by atoms with Crippen LogP contribution in [-0.2, 0) is 33.3 Å². The van der Waals surface area contributed by atoms with E-state index in [0.29, 0.717) is 5.56 Å². The Bertz CT molecular complexity index is 2820. The molecule has 0 aromatic heterocycles. The molecule has 0 radical (unpaired) electrons. The fourth-order valence-corrected chi connectivity index (χ4v) is 11.0. The molecular formula is C69H86O7. The first-order chi connectivity index (χ1) is 35.7. The molecule has 0 spiro atoms. The lowest BCUT2D eigenvalue weighted by Gasteiger charge is -2.34. The maximum absolute atomic E-state index is 12.2. The molecule has 6 aromatic rings. The normalized spacial score (nSPS) is 12.9. The molecule has 7 heteroatoms. The number of rotatable bonds is 20. The van der Waals surface area contributed by atoms with E-state index in [1.54, 1.807) is 24.3 Å². The van der Waals surface area contributed by atoms with E-state index in [4.69, 9.17) is 5.11 Å². The highest BCUT2D eigenvalue weighted by Gasteiger charge is 2.34. The van der Waals surface area contributed by atoms with Crippen LogP contribution in [-0.4, -0.2) is 50.8 Å². The molecule has 0 bridgehead atoms. The Morgan fingerprint density at radius 2 is 0.776 bits per heavy atom. The molecule has 0 fully saturated rings. The molecule has 0 heterocycles. The second-order valence-corrected chi connectivity index (χ2v) is 23.4. The smallest absolute Gasteiger partial charge is 0.377 e. The average molecular weight is 1030 g/mol. The van der Waals surface area contributed by atoms with E-state index in [1.807, 2.05) is 24.3 Å². The van der Waals surface area contributed by atoms with Gasteiger partial charge in [0.2, 0.25) is 5.78 Å². The van der Waals surface area contributed by atoms with Gasteiger partial charge >= 0.3 is 5.97 Å². The number of benzene rings is 6. The number of ketones is 3. The Morgan fingerprint density at radius 1 is 0.447 bits per heavy atom. The van der Waals surface area contributed by atoms with Crippen LogP contribution in [0.25, 0.3) is 22.3 Å². The molecule has 7 nitrogen and oxygen atoms in total. The summed E-state index contributed by atoms with van der Waals surface area (Å²) in [6.07, 6.45) is 6.43. The fourth-order valence-electron chi connectivity index (χ4n) is 11.0. The molecule has 2 atom stereocenters. The fraction of sp³-hybridized carbons (Fsp3) is 0.420. The third-order valence-electron chi connectivity index (χ3n) is 16.5. The first kappa shape index (κ1) is 60.6. The largest absolute Gasteiger partial charge is 0.475 e. The van der Waals surface area contributed by atoms with Gasteiger partial charge in [-0.05, 0) is 180 Å². The van der Waals surface area contributed by atoms with Crippen LogP contribution in [0.4, 0.5) is 0 Å². The highest BCUT2D eigenvalue weighted by Crippen LogP contribution is 2.43. The molecule has 3 N–H and O–H groups in total. The van der Waals surface area contributed by atoms with Crippen LogP contribution in [0.15, 0.2) is 121 Å². The van der Waals surface area contributed by atoms with E-state index >= 15 is 0 Å². The summed E-state index contributed by atoms with van der Waals surface area (Å²) in [6, 6.07) is 41.0. The standard InChI is InChI=1S/C35H44O3.C34H42O4/c1-9-35(10-2,29-16-14-26(23(3)20-29)15-19-32(37)34(6,7)8)30-17-18-31(24(4)21-30)27-12-11-13-28(22-27)33(38)25(5)36;1-8-34(9-2,27-15-13-24(22(3)19-27)14-18-30(35)33(5,6)7)28-16-17-29(23(4)20-28)25-11-10-12-26(21-25)31(36)32(37)38/h11-14,16-18,20-22,32,37H,9-10,15,19H2,1-8H3;10-13,15-17,19-21,30,35H,8-9,14,18H2,1-7H3,(H,37,38). The van der Waals surface area contributed by atoms with Gasteiger partial charge in [-0.3, -0.25) is 14.4 Å². The summed E-state index contributed by atoms with van der Waals surface area (Å²) in [5.41, 5.74) is 16.4. The second kappa shape index (κ2) is 25.2. The number of carbonyl (C=O) groups excluding carboxylic acids is 3. The molecule has 0 aliphatic carbocycles. The quantitative estimate of drug-likeness (QED) is 0.0513. The van der Waals surface area contributed by atoms with Crippen molar-refractivity contribution in [3.05, 3.63) is 188 Å². The molecule has 6 aromatic carbocycles. The zero-order valence-electron chi connectivity index (χ0n) is 48.3. The van der Waals surface area contributed by atoms with E-state index in [9.17, 15) is 29.4 Å². The molecule has 0 aliphatic rings. The summed E-state index contributed by atoms with van der Waals surface area (Å²) >= 11 is 0. The van der Waals surface area contributed by atoms with E-state index in [1.165, 1.54) is 51.4 Å². The van der Waals surface area contributed by atoms with Gasteiger partial charge < -0.3 is 15.3 Å². The van der Waals surface area contributed by atoms with Crippen LogP contribution in [0.1, 0.15) is 191 Å². The minimum Gasteiger partial charge on any atom is -0.475 e. The van der Waals surface area contributed by atoms with Crippen molar-refractivity contribution < 1.29 is 34.5 Å². The topological polar surface area (TPSA) is 129 Å². The Kier molecular flexibility index (Phi) is 20.1. The predicted octanol–water partition coefficient (Wildman–Crippen LogP) is 15.9. The van der Waals surface area contributed by atoms with Crippen molar-refractivity contribution >= 4 is 23.3 Å². The van der Waals surface area contributed by atoms with Gasteiger partial charge in [0.15, 0.2) is 5.78 Å². The van der Waals surface area contributed by atoms with E-state index < -0.39 is 23.3 Å². The number of aliphatic carboxylic acids is 1. The molecule has 0 amide bonds. The van der Waals surface area contributed by atoms with Gasteiger partial charge in [0.1, 0.15) is 0 Å². The number of carboxylic acid groups (broad SMARTS) is 1.